The number of carbonyl (C=O) groups excluding carboxylic acids is 2. The first-order valence-electron chi connectivity index (χ1n) is 15.9. The molecule has 3 fully saturated rings. The van der Waals surface area contributed by atoms with Crippen molar-refractivity contribution >= 4 is 32.5 Å². The maximum absolute atomic E-state index is 15.1. The van der Waals surface area contributed by atoms with E-state index in [0.29, 0.717) is 28.1 Å². The van der Waals surface area contributed by atoms with E-state index in [4.69, 9.17) is 0 Å². The lowest BCUT2D eigenvalue weighted by molar-refractivity contribution is -0.132. The molecule has 1 saturated carbocycles. The second-order valence-electron chi connectivity index (χ2n) is 12.6. The molecule has 8 rings (SSSR count). The quantitative estimate of drug-likeness (QED) is 0.183. The van der Waals surface area contributed by atoms with Crippen molar-refractivity contribution in [3.05, 3.63) is 150 Å². The average Bonchev–Trinajstić information content (AvgIpc) is 3.50. The molecule has 0 bridgehead atoms. The number of pyridine rings is 2. The van der Waals surface area contributed by atoms with Crippen molar-refractivity contribution in [1.29, 1.82) is 5.26 Å². The van der Waals surface area contributed by atoms with Gasteiger partial charge in [-0.05, 0) is 82.6 Å². The van der Waals surface area contributed by atoms with Crippen molar-refractivity contribution < 1.29 is 18.0 Å². The highest BCUT2D eigenvalue weighted by Gasteiger charge is 2.67. The summed E-state index contributed by atoms with van der Waals surface area (Å²) in [4.78, 5) is 41.0. The van der Waals surface area contributed by atoms with Crippen molar-refractivity contribution in [3.8, 4) is 6.07 Å². The molecule has 1 unspecified atom stereocenters. The van der Waals surface area contributed by atoms with Gasteiger partial charge in [0, 0.05) is 74.4 Å². The van der Waals surface area contributed by atoms with Gasteiger partial charge in [-0.2, -0.15) is 9.57 Å². The highest BCUT2D eigenvalue weighted by atomic mass is 32.2. The van der Waals surface area contributed by atoms with Gasteiger partial charge in [-0.15, -0.1) is 0 Å². The van der Waals surface area contributed by atoms with Crippen molar-refractivity contribution in [2.45, 2.75) is 16.5 Å². The third-order valence-electron chi connectivity index (χ3n) is 10.1. The van der Waals surface area contributed by atoms with Crippen LogP contribution < -0.4 is 0 Å². The summed E-state index contributed by atoms with van der Waals surface area (Å²) in [6.45, 7) is 0.513. The van der Waals surface area contributed by atoms with E-state index in [2.05, 4.69) is 16.0 Å². The van der Waals surface area contributed by atoms with Gasteiger partial charge >= 0.3 is 0 Å². The number of sulfonamides is 1. The summed E-state index contributed by atoms with van der Waals surface area (Å²) in [7, 11) is -1.98. The van der Waals surface area contributed by atoms with E-state index in [-0.39, 0.29) is 47.6 Å². The summed E-state index contributed by atoms with van der Waals surface area (Å²) >= 11 is 0. The average molecular weight is 667 g/mol. The number of nitriles is 1. The molecular weight excluding hydrogens is 637 g/mol. The van der Waals surface area contributed by atoms with Gasteiger partial charge in [0.15, 0.2) is 11.3 Å². The lowest BCUT2D eigenvalue weighted by atomic mass is 9.82. The predicted octanol–water partition coefficient (Wildman–Crippen LogP) is 4.56. The Labute approximate surface area is 283 Å². The van der Waals surface area contributed by atoms with Gasteiger partial charge in [0.25, 0.3) is 5.91 Å². The standard InChI is InChI=1S/C38H30N6O4S/c1-42-35(21-34(45)27-8-6-25(22-39)7-9-27)44(37(46)38(42,29-12-16-40-17-13-29)30-14-18-41-19-15-30)36-32-23-43(24-33(32)36)49(47,48)31-11-10-26-4-2-3-5-28(26)20-31/h2-21,32-33,36H,23-24H2,1H3/t32-,33+,36?. The number of piperidine rings is 1. The Morgan fingerprint density at radius 2 is 1.45 bits per heavy atom. The Kier molecular flexibility index (Phi) is 7.17. The Morgan fingerprint density at radius 1 is 0.857 bits per heavy atom. The zero-order chi connectivity index (χ0) is 33.9. The zero-order valence-corrected chi connectivity index (χ0v) is 27.2. The number of carbonyl (C=O) groups is 2. The van der Waals surface area contributed by atoms with E-state index in [1.54, 1.807) is 97.4 Å². The first kappa shape index (κ1) is 30.6. The van der Waals surface area contributed by atoms with Gasteiger partial charge in [-0.25, -0.2) is 8.42 Å². The smallest absolute Gasteiger partial charge is 0.263 e. The van der Waals surface area contributed by atoms with Crippen LogP contribution in [0.2, 0.25) is 0 Å². The van der Waals surface area contributed by atoms with Crippen LogP contribution in [-0.2, 0) is 20.4 Å². The Balaban J connectivity index is 1.17. The molecule has 10 nitrogen and oxygen atoms in total. The summed E-state index contributed by atoms with van der Waals surface area (Å²) in [5.41, 5.74) is 0.818. The third-order valence-corrected chi connectivity index (χ3v) is 12.0. The highest BCUT2D eigenvalue weighted by Crippen LogP contribution is 2.56. The number of fused-ring (bicyclic) bond motifs is 2. The Hall–Kier alpha value is -5.70. The number of likely N-dealkylation sites (N-methyl/N-ethyl adjacent to an activating group) is 1. The summed E-state index contributed by atoms with van der Waals surface area (Å²) in [6.07, 6.45) is 8.01. The molecule has 4 heterocycles. The normalized spacial score (nSPS) is 22.3. The van der Waals surface area contributed by atoms with E-state index >= 15 is 4.79 Å². The molecule has 3 aliphatic rings. The number of hydrogen-bond acceptors (Lipinski definition) is 8. The van der Waals surface area contributed by atoms with Crippen LogP contribution in [-0.4, -0.2) is 70.4 Å². The Bertz CT molecular complexity index is 2250. The van der Waals surface area contributed by atoms with Crippen LogP contribution in [0, 0.1) is 23.2 Å². The Morgan fingerprint density at radius 3 is 2.04 bits per heavy atom. The molecule has 1 aliphatic carbocycles. The topological polar surface area (TPSA) is 128 Å². The summed E-state index contributed by atoms with van der Waals surface area (Å²) in [5.74, 6) is -0.389. The molecule has 3 atom stereocenters. The van der Waals surface area contributed by atoms with Crippen LogP contribution in [0.4, 0.5) is 0 Å². The van der Waals surface area contributed by atoms with Gasteiger partial charge in [0.2, 0.25) is 10.0 Å². The van der Waals surface area contributed by atoms with Gasteiger partial charge in [0.1, 0.15) is 5.82 Å². The number of benzene rings is 3. The molecule has 0 radical (unpaired) electrons. The SMILES string of the molecule is CN1C(=CC(=O)c2ccc(C#N)cc2)N(C2[C@H]3CN(S(=O)(=O)c4ccc5ccccc5c4)C[C@@H]23)C(=O)C1(c1ccncc1)c1ccncc1. The van der Waals surface area contributed by atoms with Crippen molar-refractivity contribution in [3.63, 3.8) is 0 Å². The molecule has 3 aromatic carbocycles. The number of rotatable bonds is 7. The van der Waals surface area contributed by atoms with Crippen LogP contribution in [0.5, 0.6) is 0 Å². The second kappa shape index (κ2) is 11.5. The predicted molar refractivity (Wildman–Crippen MR) is 181 cm³/mol. The molecule has 11 heteroatoms. The first-order chi connectivity index (χ1) is 23.7. The van der Waals surface area contributed by atoms with Crippen LogP contribution in [0.15, 0.2) is 133 Å². The largest absolute Gasteiger partial charge is 0.339 e. The summed E-state index contributed by atoms with van der Waals surface area (Å²) in [6, 6.07) is 28.1. The number of nitrogens with zero attached hydrogens (tertiary/aromatic N) is 6. The minimum atomic E-state index is -3.77. The molecule has 2 aliphatic heterocycles. The van der Waals surface area contributed by atoms with Crippen molar-refractivity contribution in [2.75, 3.05) is 20.1 Å². The fourth-order valence-electron chi connectivity index (χ4n) is 7.62. The van der Waals surface area contributed by atoms with E-state index in [1.165, 1.54) is 10.4 Å². The van der Waals surface area contributed by atoms with E-state index in [1.807, 2.05) is 35.2 Å². The van der Waals surface area contributed by atoms with Gasteiger partial charge in [-0.3, -0.25) is 24.5 Å². The number of amides is 1. The maximum atomic E-state index is 15.1. The number of aromatic nitrogens is 2. The van der Waals surface area contributed by atoms with Crippen LogP contribution in [0.25, 0.3) is 10.8 Å². The fourth-order valence-corrected chi connectivity index (χ4v) is 9.17. The zero-order valence-electron chi connectivity index (χ0n) is 26.4. The third kappa shape index (κ3) is 4.75. The lowest BCUT2D eigenvalue weighted by Crippen LogP contribution is -2.46. The van der Waals surface area contributed by atoms with Gasteiger partial charge in [0.05, 0.1) is 16.5 Å². The molecule has 2 saturated heterocycles. The van der Waals surface area contributed by atoms with Crippen LogP contribution in [0.3, 0.4) is 0 Å². The van der Waals surface area contributed by atoms with Gasteiger partial charge < -0.3 is 4.90 Å². The molecule has 49 heavy (non-hydrogen) atoms. The molecular formula is C38H30N6O4S. The molecule has 242 valence electrons. The van der Waals surface area contributed by atoms with Crippen molar-refractivity contribution in [2.24, 2.45) is 11.8 Å². The molecule has 1 amide bonds. The monoisotopic (exact) mass is 666 g/mol. The first-order valence-corrected chi connectivity index (χ1v) is 17.3. The van der Waals surface area contributed by atoms with Gasteiger partial charge in [-0.1, -0.05) is 30.3 Å². The van der Waals surface area contributed by atoms with Crippen molar-refractivity contribution in [1.82, 2.24) is 24.1 Å². The van der Waals surface area contributed by atoms with E-state index < -0.39 is 15.6 Å². The molecule has 0 spiro atoms. The molecule has 5 aromatic rings. The highest BCUT2D eigenvalue weighted by molar-refractivity contribution is 7.89. The lowest BCUT2D eigenvalue weighted by Gasteiger charge is -2.35. The fraction of sp³-hybridized carbons (Fsp3) is 0.184. The summed E-state index contributed by atoms with van der Waals surface area (Å²) < 4.78 is 29.2. The number of allylic oxidation sites excluding steroid dienone is 1. The van der Waals surface area contributed by atoms with E-state index in [0.717, 1.165) is 10.8 Å². The summed E-state index contributed by atoms with van der Waals surface area (Å²) in [5, 5.41) is 11.1. The number of ketones is 1. The second-order valence-corrected chi connectivity index (χ2v) is 14.6. The van der Waals surface area contributed by atoms with Crippen LogP contribution >= 0.6 is 0 Å². The maximum Gasteiger partial charge on any atom is 0.263 e. The number of hydrogen-bond donors (Lipinski definition) is 0. The minimum Gasteiger partial charge on any atom is -0.339 e. The van der Waals surface area contributed by atoms with Crippen LogP contribution in [0.1, 0.15) is 27.0 Å². The molecule has 0 N–H and O–H groups in total. The molecule has 2 aromatic heterocycles. The minimum absolute atomic E-state index is 0.119. The van der Waals surface area contributed by atoms with E-state index in [9.17, 15) is 18.5 Å².